The van der Waals surface area contributed by atoms with E-state index >= 15 is 0 Å². The Bertz CT molecular complexity index is 706. The van der Waals surface area contributed by atoms with Crippen molar-refractivity contribution in [1.29, 1.82) is 0 Å². The summed E-state index contributed by atoms with van der Waals surface area (Å²) in [5.41, 5.74) is 0.625. The molecule has 0 aliphatic heterocycles. The average Bonchev–Trinajstić information content (AvgIpc) is 2.60. The molecule has 0 aliphatic carbocycles. The van der Waals surface area contributed by atoms with Crippen LogP contribution in [-0.2, 0) is 17.4 Å². The molecule has 0 amide bonds. The molecule has 0 aromatic heterocycles. The fourth-order valence-corrected chi connectivity index (χ4v) is 2.60. The topological polar surface area (TPSA) is 37.3 Å². The summed E-state index contributed by atoms with van der Waals surface area (Å²) in [5, 5.41) is 10.3. The van der Waals surface area contributed by atoms with Crippen molar-refractivity contribution >= 4 is 5.78 Å². The smallest absolute Gasteiger partial charge is 0.384 e. The van der Waals surface area contributed by atoms with E-state index in [0.29, 0.717) is 12.0 Å². The first-order chi connectivity index (χ1) is 11.8. The van der Waals surface area contributed by atoms with Gasteiger partial charge in [0, 0.05) is 12.3 Å². The number of hydrogen-bond donors (Lipinski definition) is 1. The van der Waals surface area contributed by atoms with Gasteiger partial charge in [-0.25, -0.2) is 0 Å². The zero-order valence-electron chi connectivity index (χ0n) is 13.5. The van der Waals surface area contributed by atoms with Crippen LogP contribution in [0.4, 0.5) is 13.2 Å². The molecule has 2 rings (SSSR count). The normalized spacial score (nSPS) is 13.9. The predicted octanol–water partition coefficient (Wildman–Crippen LogP) is 4.54. The minimum Gasteiger partial charge on any atom is -0.384 e. The molecule has 0 aliphatic rings. The van der Waals surface area contributed by atoms with Gasteiger partial charge in [-0.3, -0.25) is 4.79 Å². The number of Topliss-reactive ketones (excluding diaryl/α,β-unsaturated/α-hetero) is 1. The molecule has 2 nitrogen and oxygen atoms in total. The molecule has 2 aromatic carbocycles. The van der Waals surface area contributed by atoms with Crippen LogP contribution in [0.1, 0.15) is 29.0 Å². The maximum atomic E-state index is 12.6. The van der Waals surface area contributed by atoms with Crippen molar-refractivity contribution in [3.05, 3.63) is 83.9 Å². The third kappa shape index (κ3) is 5.03. The van der Waals surface area contributed by atoms with Crippen molar-refractivity contribution in [1.82, 2.24) is 0 Å². The van der Waals surface area contributed by atoms with Crippen molar-refractivity contribution < 1.29 is 23.1 Å². The molecule has 25 heavy (non-hydrogen) atoms. The Morgan fingerprint density at radius 2 is 1.68 bits per heavy atom. The molecule has 5 heteroatoms. The summed E-state index contributed by atoms with van der Waals surface area (Å²) in [6, 6.07) is 13.8. The first-order valence-electron chi connectivity index (χ1n) is 7.87. The molecule has 0 radical (unpaired) electrons. The van der Waals surface area contributed by atoms with Crippen LogP contribution in [0.15, 0.2) is 67.3 Å². The Labute approximate surface area is 144 Å². The van der Waals surface area contributed by atoms with E-state index in [2.05, 4.69) is 6.58 Å². The molecular formula is C20H19F3O2. The number of benzene rings is 2. The molecule has 0 spiro atoms. The minimum atomic E-state index is -4.42. The second-order valence-electron chi connectivity index (χ2n) is 5.78. The van der Waals surface area contributed by atoms with E-state index in [1.165, 1.54) is 18.2 Å². The van der Waals surface area contributed by atoms with Crippen molar-refractivity contribution in [2.24, 2.45) is 0 Å². The van der Waals surface area contributed by atoms with E-state index in [-0.39, 0.29) is 12.2 Å². The third-order valence-electron chi connectivity index (χ3n) is 4.05. The zero-order chi connectivity index (χ0) is 18.4. The lowest BCUT2D eigenvalue weighted by molar-refractivity contribution is -0.137. The first kappa shape index (κ1) is 18.9. The van der Waals surface area contributed by atoms with Gasteiger partial charge in [0.25, 0.3) is 0 Å². The molecule has 2 aromatic rings. The molecule has 1 N–H and O–H groups in total. The van der Waals surface area contributed by atoms with Gasteiger partial charge >= 0.3 is 6.18 Å². The molecular weight excluding hydrogens is 329 g/mol. The largest absolute Gasteiger partial charge is 0.416 e. The highest BCUT2D eigenvalue weighted by atomic mass is 19.4. The third-order valence-corrected chi connectivity index (χ3v) is 4.05. The summed E-state index contributed by atoms with van der Waals surface area (Å²) in [4.78, 5) is 12.2. The molecule has 0 unspecified atom stereocenters. The number of rotatable bonds is 7. The fraction of sp³-hybridized carbons (Fsp3) is 0.250. The van der Waals surface area contributed by atoms with Crippen molar-refractivity contribution in [3.63, 3.8) is 0 Å². The maximum absolute atomic E-state index is 12.6. The van der Waals surface area contributed by atoms with Crippen molar-refractivity contribution in [2.75, 3.05) is 0 Å². The first-order valence-corrected chi connectivity index (χ1v) is 7.87. The number of carbonyl (C=O) groups is 1. The molecule has 0 heterocycles. The number of aliphatic hydroxyl groups excluding tert-OH is 1. The van der Waals surface area contributed by atoms with Crippen LogP contribution in [0.5, 0.6) is 0 Å². The van der Waals surface area contributed by atoms with Gasteiger partial charge in [0.1, 0.15) is 6.10 Å². The highest BCUT2D eigenvalue weighted by Gasteiger charge is 2.31. The van der Waals surface area contributed by atoms with Crippen LogP contribution in [0.2, 0.25) is 0 Å². The number of alkyl halides is 3. The van der Waals surface area contributed by atoms with Gasteiger partial charge in [-0.2, -0.15) is 13.2 Å². The van der Waals surface area contributed by atoms with Crippen LogP contribution in [-0.4, -0.2) is 17.0 Å². The van der Waals surface area contributed by atoms with Crippen LogP contribution in [0.25, 0.3) is 0 Å². The zero-order valence-corrected chi connectivity index (χ0v) is 13.5. The van der Waals surface area contributed by atoms with Crippen molar-refractivity contribution in [3.8, 4) is 0 Å². The van der Waals surface area contributed by atoms with E-state index in [1.807, 2.05) is 30.3 Å². The molecule has 2 atom stereocenters. The Kier molecular flexibility index (Phi) is 6.15. The van der Waals surface area contributed by atoms with E-state index in [0.717, 1.165) is 17.7 Å². The van der Waals surface area contributed by atoms with Crippen LogP contribution < -0.4 is 0 Å². The van der Waals surface area contributed by atoms with Gasteiger partial charge in [-0.1, -0.05) is 48.5 Å². The number of carbonyl (C=O) groups excluding carboxylic acids is 1. The van der Waals surface area contributed by atoms with Gasteiger partial charge < -0.3 is 5.11 Å². The number of aliphatic hydroxyl groups is 1. The molecule has 0 fully saturated rings. The van der Waals surface area contributed by atoms with E-state index in [1.54, 1.807) is 0 Å². The quantitative estimate of drug-likeness (QED) is 0.746. The lowest BCUT2D eigenvalue weighted by Crippen LogP contribution is -2.27. The second kappa shape index (κ2) is 8.12. The Morgan fingerprint density at radius 1 is 1.08 bits per heavy atom. The van der Waals surface area contributed by atoms with Crippen molar-refractivity contribution in [2.45, 2.75) is 31.0 Å². The second-order valence-corrected chi connectivity index (χ2v) is 5.78. The van der Waals surface area contributed by atoms with Gasteiger partial charge in [0.05, 0.1) is 5.56 Å². The van der Waals surface area contributed by atoms with Crippen LogP contribution in [0, 0.1) is 0 Å². The van der Waals surface area contributed by atoms with Crippen LogP contribution in [0.3, 0.4) is 0 Å². The van der Waals surface area contributed by atoms with Gasteiger partial charge in [0.15, 0.2) is 5.78 Å². The predicted molar refractivity (Wildman–Crippen MR) is 90.2 cm³/mol. The Hall–Kier alpha value is -2.40. The number of aryl methyl sites for hydroxylation is 1. The van der Waals surface area contributed by atoms with Gasteiger partial charge in [-0.15, -0.1) is 6.58 Å². The highest BCUT2D eigenvalue weighted by molar-refractivity contribution is 5.84. The number of hydrogen-bond acceptors (Lipinski definition) is 2. The van der Waals surface area contributed by atoms with Gasteiger partial charge in [0.2, 0.25) is 0 Å². The molecule has 0 saturated carbocycles. The Balaban J connectivity index is 2.05. The van der Waals surface area contributed by atoms with E-state index < -0.39 is 23.8 Å². The summed E-state index contributed by atoms with van der Waals surface area (Å²) in [6.45, 7) is 3.60. The highest BCUT2D eigenvalue weighted by Crippen LogP contribution is 2.31. The van der Waals surface area contributed by atoms with Gasteiger partial charge in [-0.05, 0) is 29.7 Å². The molecule has 132 valence electrons. The maximum Gasteiger partial charge on any atom is 0.416 e. The lowest BCUT2D eigenvalue weighted by atomic mass is 9.89. The van der Waals surface area contributed by atoms with E-state index in [4.69, 9.17) is 0 Å². The standard InChI is InChI=1S/C20H19F3O2/c1-2-17(15-9-11-16(12-10-15)20(21,22)23)19(25)18(24)13-8-14-6-4-3-5-7-14/h2-7,9-12,17,19,25H,1,8,13H2/t17-,19-/m1/s1. The summed E-state index contributed by atoms with van der Waals surface area (Å²) in [6.07, 6.45) is -3.73. The summed E-state index contributed by atoms with van der Waals surface area (Å²) in [5.74, 6) is -1.11. The van der Waals surface area contributed by atoms with E-state index in [9.17, 15) is 23.1 Å². The number of ketones is 1. The van der Waals surface area contributed by atoms with Crippen LogP contribution >= 0.6 is 0 Å². The fourth-order valence-electron chi connectivity index (χ4n) is 2.60. The molecule has 0 bridgehead atoms. The summed E-state index contributed by atoms with van der Waals surface area (Å²) < 4.78 is 37.9. The summed E-state index contributed by atoms with van der Waals surface area (Å²) >= 11 is 0. The molecule has 0 saturated heterocycles. The Morgan fingerprint density at radius 3 is 2.20 bits per heavy atom. The number of halogens is 3. The SMILES string of the molecule is C=C[C@H](c1ccc(C(F)(F)F)cc1)[C@@H](O)C(=O)CCc1ccccc1. The lowest BCUT2D eigenvalue weighted by Gasteiger charge is -2.19. The average molecular weight is 348 g/mol. The monoisotopic (exact) mass is 348 g/mol. The summed E-state index contributed by atoms with van der Waals surface area (Å²) in [7, 11) is 0. The minimum absolute atomic E-state index is 0.149.